The fourth-order valence-corrected chi connectivity index (χ4v) is 1.98. The number of hydrogen-bond acceptors (Lipinski definition) is 6. The lowest BCUT2D eigenvalue weighted by Crippen LogP contribution is -2.26. The van der Waals surface area contributed by atoms with Crippen molar-refractivity contribution in [1.82, 2.24) is 15.3 Å². The maximum absolute atomic E-state index is 11.9. The predicted octanol–water partition coefficient (Wildman–Crippen LogP) is 2.19. The molecule has 1 aromatic heterocycles. The van der Waals surface area contributed by atoms with E-state index in [4.69, 9.17) is 4.74 Å². The molecule has 1 aromatic carbocycles. The molecule has 0 atom stereocenters. The second kappa shape index (κ2) is 8.73. The number of carbonyl (C=O) groups is 2. The molecule has 0 bridgehead atoms. The molecule has 7 nitrogen and oxygen atoms in total. The number of carbonyl (C=O) groups excluding carboxylic acids is 2. The van der Waals surface area contributed by atoms with E-state index in [0.29, 0.717) is 24.5 Å². The highest BCUT2D eigenvalue weighted by Crippen LogP contribution is 2.15. The Bertz CT molecular complexity index is 701. The van der Waals surface area contributed by atoms with E-state index >= 15 is 0 Å². The number of ether oxygens (including phenoxy) is 1. The first-order chi connectivity index (χ1) is 11.6. The summed E-state index contributed by atoms with van der Waals surface area (Å²) in [5.41, 5.74) is 1.59. The number of ketones is 1. The zero-order valence-corrected chi connectivity index (χ0v) is 13.7. The van der Waals surface area contributed by atoms with Crippen LogP contribution in [0.3, 0.4) is 0 Å². The fourth-order valence-electron chi connectivity index (χ4n) is 1.98. The minimum absolute atomic E-state index is 0.00905. The van der Waals surface area contributed by atoms with Crippen LogP contribution in [-0.4, -0.2) is 41.9 Å². The lowest BCUT2D eigenvalue weighted by atomic mass is 10.1. The first kappa shape index (κ1) is 17.6. The Hall–Kier alpha value is -2.80. The smallest absolute Gasteiger partial charge is 0.271 e. The summed E-state index contributed by atoms with van der Waals surface area (Å²) in [6.07, 6.45) is 3.62. The maximum Gasteiger partial charge on any atom is 0.271 e. The van der Waals surface area contributed by atoms with Crippen LogP contribution in [0.15, 0.2) is 36.7 Å². The highest BCUT2D eigenvalue weighted by molar-refractivity contribution is 5.95. The van der Waals surface area contributed by atoms with E-state index < -0.39 is 0 Å². The third-order valence-corrected chi connectivity index (χ3v) is 3.24. The van der Waals surface area contributed by atoms with Crippen molar-refractivity contribution in [2.75, 3.05) is 25.6 Å². The Morgan fingerprint density at radius 1 is 1.21 bits per heavy atom. The molecule has 0 radical (unpaired) electrons. The molecule has 24 heavy (non-hydrogen) atoms. The molecule has 2 N–H and O–H groups in total. The van der Waals surface area contributed by atoms with Crippen LogP contribution in [0.4, 0.5) is 11.5 Å². The first-order valence-electron chi connectivity index (χ1n) is 7.57. The van der Waals surface area contributed by atoms with Crippen LogP contribution in [0.25, 0.3) is 0 Å². The maximum atomic E-state index is 11.9. The van der Waals surface area contributed by atoms with Gasteiger partial charge in [-0.15, -0.1) is 0 Å². The van der Waals surface area contributed by atoms with Gasteiger partial charge in [-0.3, -0.25) is 9.59 Å². The van der Waals surface area contributed by atoms with E-state index in [0.717, 1.165) is 12.1 Å². The number of rotatable bonds is 8. The van der Waals surface area contributed by atoms with Gasteiger partial charge < -0.3 is 15.4 Å². The van der Waals surface area contributed by atoms with Gasteiger partial charge in [-0.05, 0) is 25.5 Å². The number of anilines is 2. The Labute approximate surface area is 140 Å². The van der Waals surface area contributed by atoms with Gasteiger partial charge in [0.15, 0.2) is 5.78 Å². The predicted molar refractivity (Wildman–Crippen MR) is 90.6 cm³/mol. The molecule has 0 aliphatic carbocycles. The standard InChI is InChI=1S/C17H20N4O3/c1-12(22)13-5-3-6-14(9-13)21-16-11-19-15(10-20-16)17(23)18-7-4-8-24-2/h3,5-6,9-11H,4,7-8H2,1-2H3,(H,18,23)(H,20,21). The van der Waals surface area contributed by atoms with Crippen molar-refractivity contribution >= 4 is 23.2 Å². The molecule has 1 heterocycles. The van der Waals surface area contributed by atoms with Gasteiger partial charge in [-0.1, -0.05) is 12.1 Å². The largest absolute Gasteiger partial charge is 0.385 e. The molecule has 7 heteroatoms. The minimum Gasteiger partial charge on any atom is -0.385 e. The fraction of sp³-hybridized carbons (Fsp3) is 0.294. The Balaban J connectivity index is 1.95. The van der Waals surface area contributed by atoms with E-state index in [-0.39, 0.29) is 17.4 Å². The molecule has 0 fully saturated rings. The van der Waals surface area contributed by atoms with E-state index in [9.17, 15) is 9.59 Å². The summed E-state index contributed by atoms with van der Waals surface area (Å²) in [7, 11) is 1.62. The zero-order chi connectivity index (χ0) is 17.4. The van der Waals surface area contributed by atoms with Crippen LogP contribution in [0.5, 0.6) is 0 Å². The summed E-state index contributed by atoms with van der Waals surface area (Å²) in [5, 5.41) is 5.79. The summed E-state index contributed by atoms with van der Waals surface area (Å²) in [6, 6.07) is 7.09. The van der Waals surface area contributed by atoms with Crippen LogP contribution in [-0.2, 0) is 4.74 Å². The van der Waals surface area contributed by atoms with Crippen molar-refractivity contribution < 1.29 is 14.3 Å². The molecule has 0 saturated carbocycles. The number of hydrogen-bond donors (Lipinski definition) is 2. The van der Waals surface area contributed by atoms with Gasteiger partial charge in [0.2, 0.25) is 0 Å². The molecule has 1 amide bonds. The second-order valence-corrected chi connectivity index (χ2v) is 5.15. The molecule has 2 rings (SSSR count). The summed E-state index contributed by atoms with van der Waals surface area (Å²) in [5.74, 6) is 0.209. The molecule has 0 spiro atoms. The second-order valence-electron chi connectivity index (χ2n) is 5.15. The third-order valence-electron chi connectivity index (χ3n) is 3.24. The quantitative estimate of drug-likeness (QED) is 0.570. The molecule has 0 aliphatic heterocycles. The van der Waals surface area contributed by atoms with Crippen LogP contribution < -0.4 is 10.6 Å². The number of Topliss-reactive ketones (excluding diaryl/α,β-unsaturated/α-hetero) is 1. The number of aromatic nitrogens is 2. The van der Waals surface area contributed by atoms with Crippen molar-refractivity contribution in [1.29, 1.82) is 0 Å². The number of methoxy groups -OCH3 is 1. The third kappa shape index (κ3) is 5.13. The minimum atomic E-state index is -0.274. The number of amides is 1. The van der Waals surface area contributed by atoms with Crippen molar-refractivity contribution in [3.8, 4) is 0 Å². The van der Waals surface area contributed by atoms with Crippen molar-refractivity contribution in [2.24, 2.45) is 0 Å². The Morgan fingerprint density at radius 2 is 2.04 bits per heavy atom. The van der Waals surface area contributed by atoms with Crippen LogP contribution in [0, 0.1) is 0 Å². The van der Waals surface area contributed by atoms with E-state index in [1.165, 1.54) is 19.3 Å². The molecular weight excluding hydrogens is 308 g/mol. The monoisotopic (exact) mass is 328 g/mol. The lowest BCUT2D eigenvalue weighted by molar-refractivity contribution is 0.0942. The van der Waals surface area contributed by atoms with Gasteiger partial charge in [-0.2, -0.15) is 0 Å². The number of nitrogens with one attached hydrogen (secondary N) is 2. The van der Waals surface area contributed by atoms with Gasteiger partial charge >= 0.3 is 0 Å². The van der Waals surface area contributed by atoms with Crippen LogP contribution in [0.1, 0.15) is 34.2 Å². The highest BCUT2D eigenvalue weighted by atomic mass is 16.5. The number of benzene rings is 1. The summed E-state index contributed by atoms with van der Waals surface area (Å²) >= 11 is 0. The summed E-state index contributed by atoms with van der Waals surface area (Å²) < 4.78 is 4.92. The topological polar surface area (TPSA) is 93.2 Å². The van der Waals surface area contributed by atoms with E-state index in [1.807, 2.05) is 6.07 Å². The average Bonchev–Trinajstić information content (AvgIpc) is 2.59. The van der Waals surface area contributed by atoms with Crippen molar-refractivity contribution in [3.05, 3.63) is 47.9 Å². The van der Waals surface area contributed by atoms with Gasteiger partial charge in [0.25, 0.3) is 5.91 Å². The molecule has 0 saturated heterocycles. The Kier molecular flexibility index (Phi) is 6.39. The highest BCUT2D eigenvalue weighted by Gasteiger charge is 2.08. The normalized spacial score (nSPS) is 10.2. The number of nitrogens with zero attached hydrogens (tertiary/aromatic N) is 2. The van der Waals surface area contributed by atoms with Gasteiger partial charge in [-0.25, -0.2) is 9.97 Å². The van der Waals surface area contributed by atoms with Gasteiger partial charge in [0, 0.05) is 31.5 Å². The summed E-state index contributed by atoms with van der Waals surface area (Å²) in [6.45, 7) is 2.62. The molecule has 126 valence electrons. The van der Waals surface area contributed by atoms with Crippen molar-refractivity contribution in [2.45, 2.75) is 13.3 Å². The molecule has 0 aliphatic rings. The average molecular weight is 328 g/mol. The zero-order valence-electron chi connectivity index (χ0n) is 13.7. The van der Waals surface area contributed by atoms with Crippen LogP contribution in [0.2, 0.25) is 0 Å². The summed E-state index contributed by atoms with van der Waals surface area (Å²) in [4.78, 5) is 31.5. The van der Waals surface area contributed by atoms with Crippen LogP contribution >= 0.6 is 0 Å². The Morgan fingerprint density at radius 3 is 2.71 bits per heavy atom. The lowest BCUT2D eigenvalue weighted by Gasteiger charge is -2.07. The van der Waals surface area contributed by atoms with E-state index in [2.05, 4.69) is 20.6 Å². The van der Waals surface area contributed by atoms with Crippen molar-refractivity contribution in [3.63, 3.8) is 0 Å². The molecule has 0 unspecified atom stereocenters. The van der Waals surface area contributed by atoms with Gasteiger partial charge in [0.1, 0.15) is 11.5 Å². The molecular formula is C17H20N4O3. The molecule has 2 aromatic rings. The van der Waals surface area contributed by atoms with Gasteiger partial charge in [0.05, 0.1) is 12.4 Å². The first-order valence-corrected chi connectivity index (χ1v) is 7.57. The SMILES string of the molecule is COCCCNC(=O)c1cnc(Nc2cccc(C(C)=O)c2)cn1. The van der Waals surface area contributed by atoms with E-state index in [1.54, 1.807) is 25.3 Å².